The maximum atomic E-state index is 9.29. The Labute approximate surface area is 88.3 Å². The maximum absolute atomic E-state index is 9.29. The highest BCUT2D eigenvalue weighted by Crippen LogP contribution is 2.34. The Morgan fingerprint density at radius 1 is 1.29 bits per heavy atom. The first-order valence-corrected chi connectivity index (χ1v) is 5.80. The summed E-state index contributed by atoms with van der Waals surface area (Å²) in [6, 6.07) is 0. The lowest BCUT2D eigenvalue weighted by atomic mass is 9.75. The standard InChI is InChI=1S/C12H25NO/c1-10(14)9-13-7-5-11(6-8-13)12(2,3)4/h10-11,14H,5-9H2,1-4H3/t10-/m0/s1. The molecular formula is C12H25NO. The molecule has 0 amide bonds. The topological polar surface area (TPSA) is 23.5 Å². The first kappa shape index (κ1) is 12.0. The number of piperidine rings is 1. The van der Waals surface area contributed by atoms with Gasteiger partial charge in [-0.1, -0.05) is 20.8 Å². The van der Waals surface area contributed by atoms with Gasteiger partial charge in [-0.25, -0.2) is 0 Å². The predicted molar refractivity (Wildman–Crippen MR) is 60.3 cm³/mol. The molecule has 0 radical (unpaired) electrons. The highest BCUT2D eigenvalue weighted by Gasteiger charge is 2.28. The number of aliphatic hydroxyl groups is 1. The van der Waals surface area contributed by atoms with Gasteiger partial charge in [-0.15, -0.1) is 0 Å². The molecule has 1 aliphatic heterocycles. The smallest absolute Gasteiger partial charge is 0.0639 e. The van der Waals surface area contributed by atoms with E-state index in [1.165, 1.54) is 12.8 Å². The zero-order valence-electron chi connectivity index (χ0n) is 10.1. The summed E-state index contributed by atoms with van der Waals surface area (Å²) in [4.78, 5) is 2.38. The van der Waals surface area contributed by atoms with E-state index < -0.39 is 0 Å². The van der Waals surface area contributed by atoms with Gasteiger partial charge in [0.15, 0.2) is 0 Å². The molecule has 1 atom stereocenters. The summed E-state index contributed by atoms with van der Waals surface area (Å²) in [6.07, 6.45) is 2.40. The Balaban J connectivity index is 2.31. The summed E-state index contributed by atoms with van der Waals surface area (Å²) in [7, 11) is 0. The van der Waals surface area contributed by atoms with Crippen molar-refractivity contribution >= 4 is 0 Å². The fourth-order valence-electron chi connectivity index (χ4n) is 2.36. The number of hydrogen-bond acceptors (Lipinski definition) is 2. The van der Waals surface area contributed by atoms with E-state index in [2.05, 4.69) is 25.7 Å². The lowest BCUT2D eigenvalue weighted by Crippen LogP contribution is -2.40. The molecule has 2 heteroatoms. The lowest BCUT2D eigenvalue weighted by molar-refractivity contribution is 0.0724. The Hall–Kier alpha value is -0.0800. The highest BCUT2D eigenvalue weighted by atomic mass is 16.3. The monoisotopic (exact) mass is 199 g/mol. The van der Waals surface area contributed by atoms with Gasteiger partial charge < -0.3 is 10.0 Å². The van der Waals surface area contributed by atoms with Crippen LogP contribution in [0.25, 0.3) is 0 Å². The van der Waals surface area contributed by atoms with E-state index >= 15 is 0 Å². The van der Waals surface area contributed by atoms with Crippen LogP contribution in [0.2, 0.25) is 0 Å². The van der Waals surface area contributed by atoms with E-state index in [0.29, 0.717) is 5.41 Å². The normalized spacial score (nSPS) is 23.8. The molecular weight excluding hydrogens is 174 g/mol. The second kappa shape index (κ2) is 4.63. The first-order chi connectivity index (χ1) is 6.39. The van der Waals surface area contributed by atoms with Crippen LogP contribution in [0.3, 0.4) is 0 Å². The fourth-order valence-corrected chi connectivity index (χ4v) is 2.36. The molecule has 0 saturated carbocycles. The van der Waals surface area contributed by atoms with Crippen molar-refractivity contribution in [1.82, 2.24) is 4.90 Å². The van der Waals surface area contributed by atoms with Gasteiger partial charge in [0, 0.05) is 6.54 Å². The van der Waals surface area contributed by atoms with Gasteiger partial charge >= 0.3 is 0 Å². The molecule has 1 aliphatic rings. The van der Waals surface area contributed by atoms with E-state index in [9.17, 15) is 5.11 Å². The van der Waals surface area contributed by atoms with Crippen LogP contribution in [0.4, 0.5) is 0 Å². The number of hydrogen-bond donors (Lipinski definition) is 1. The van der Waals surface area contributed by atoms with Crippen molar-refractivity contribution in [2.75, 3.05) is 19.6 Å². The summed E-state index contributed by atoms with van der Waals surface area (Å²) in [6.45, 7) is 12.0. The Morgan fingerprint density at radius 2 is 1.79 bits per heavy atom. The van der Waals surface area contributed by atoms with Crippen molar-refractivity contribution in [3.8, 4) is 0 Å². The Kier molecular flexibility index (Phi) is 3.96. The Morgan fingerprint density at radius 3 is 2.14 bits per heavy atom. The minimum absolute atomic E-state index is 0.179. The largest absolute Gasteiger partial charge is 0.392 e. The molecule has 1 fully saturated rings. The van der Waals surface area contributed by atoms with Gasteiger partial charge in [0.2, 0.25) is 0 Å². The van der Waals surface area contributed by atoms with Crippen LogP contribution in [-0.2, 0) is 0 Å². The maximum Gasteiger partial charge on any atom is 0.0639 e. The van der Waals surface area contributed by atoms with E-state index in [1.54, 1.807) is 0 Å². The molecule has 1 saturated heterocycles. The summed E-state index contributed by atoms with van der Waals surface area (Å²) in [5.74, 6) is 0.854. The molecule has 0 bridgehead atoms. The molecule has 14 heavy (non-hydrogen) atoms. The van der Waals surface area contributed by atoms with Crippen LogP contribution in [0.5, 0.6) is 0 Å². The van der Waals surface area contributed by atoms with E-state index in [0.717, 1.165) is 25.6 Å². The molecule has 1 heterocycles. The van der Waals surface area contributed by atoms with Crippen LogP contribution in [0.15, 0.2) is 0 Å². The van der Waals surface area contributed by atoms with Crippen LogP contribution >= 0.6 is 0 Å². The second-order valence-electron chi connectivity index (χ2n) is 5.79. The molecule has 0 aliphatic carbocycles. The molecule has 0 aromatic carbocycles. The van der Waals surface area contributed by atoms with Crippen molar-refractivity contribution < 1.29 is 5.11 Å². The second-order valence-corrected chi connectivity index (χ2v) is 5.79. The lowest BCUT2D eigenvalue weighted by Gasteiger charge is -2.39. The van der Waals surface area contributed by atoms with Crippen molar-refractivity contribution in [2.45, 2.75) is 46.6 Å². The van der Waals surface area contributed by atoms with Gasteiger partial charge in [-0.3, -0.25) is 0 Å². The van der Waals surface area contributed by atoms with Crippen molar-refractivity contribution in [3.05, 3.63) is 0 Å². The minimum Gasteiger partial charge on any atom is -0.392 e. The first-order valence-electron chi connectivity index (χ1n) is 5.80. The van der Waals surface area contributed by atoms with E-state index in [4.69, 9.17) is 0 Å². The average molecular weight is 199 g/mol. The number of nitrogens with zero attached hydrogens (tertiary/aromatic N) is 1. The summed E-state index contributed by atoms with van der Waals surface area (Å²) in [5.41, 5.74) is 0.455. The summed E-state index contributed by atoms with van der Waals surface area (Å²) < 4.78 is 0. The zero-order valence-corrected chi connectivity index (χ0v) is 10.1. The molecule has 0 spiro atoms. The molecule has 0 aromatic rings. The molecule has 1 rings (SSSR count). The van der Waals surface area contributed by atoms with Crippen molar-refractivity contribution in [2.24, 2.45) is 11.3 Å². The van der Waals surface area contributed by atoms with Gasteiger partial charge in [-0.2, -0.15) is 0 Å². The van der Waals surface area contributed by atoms with Crippen LogP contribution in [0.1, 0.15) is 40.5 Å². The quantitative estimate of drug-likeness (QED) is 0.736. The predicted octanol–water partition coefficient (Wildman–Crippen LogP) is 2.13. The molecule has 1 N–H and O–H groups in total. The Bertz CT molecular complexity index is 164. The number of rotatable bonds is 2. The van der Waals surface area contributed by atoms with Crippen LogP contribution < -0.4 is 0 Å². The van der Waals surface area contributed by atoms with Crippen molar-refractivity contribution in [3.63, 3.8) is 0 Å². The number of likely N-dealkylation sites (tertiary alicyclic amines) is 1. The minimum atomic E-state index is -0.179. The molecule has 2 nitrogen and oxygen atoms in total. The average Bonchev–Trinajstić information content (AvgIpc) is 2.02. The molecule has 0 aromatic heterocycles. The van der Waals surface area contributed by atoms with Gasteiger partial charge in [0.25, 0.3) is 0 Å². The third-order valence-electron chi connectivity index (χ3n) is 3.33. The highest BCUT2D eigenvalue weighted by molar-refractivity contribution is 4.80. The van der Waals surface area contributed by atoms with Gasteiger partial charge in [-0.05, 0) is 44.2 Å². The number of β-amino-alcohol motifs (C(OH)–C–C–N with tert-alkyl or cyclic N) is 1. The van der Waals surface area contributed by atoms with Crippen LogP contribution in [0, 0.1) is 11.3 Å². The number of aliphatic hydroxyl groups excluding tert-OH is 1. The molecule has 0 unspecified atom stereocenters. The van der Waals surface area contributed by atoms with Gasteiger partial charge in [0.05, 0.1) is 6.10 Å². The summed E-state index contributed by atoms with van der Waals surface area (Å²) in [5, 5.41) is 9.29. The summed E-state index contributed by atoms with van der Waals surface area (Å²) >= 11 is 0. The third kappa shape index (κ3) is 3.58. The zero-order chi connectivity index (χ0) is 10.8. The molecule has 84 valence electrons. The van der Waals surface area contributed by atoms with E-state index in [-0.39, 0.29) is 6.10 Å². The SMILES string of the molecule is C[C@H](O)CN1CCC(C(C)(C)C)CC1. The van der Waals surface area contributed by atoms with E-state index in [1.807, 2.05) is 6.92 Å². The fraction of sp³-hybridized carbons (Fsp3) is 1.00. The van der Waals surface area contributed by atoms with Crippen molar-refractivity contribution in [1.29, 1.82) is 0 Å². The third-order valence-corrected chi connectivity index (χ3v) is 3.33. The van der Waals surface area contributed by atoms with Gasteiger partial charge in [0.1, 0.15) is 0 Å². The van der Waals surface area contributed by atoms with Crippen LogP contribution in [-0.4, -0.2) is 35.7 Å².